The normalized spacial score (nSPS) is 15.5. The molecule has 0 amide bonds. The van der Waals surface area contributed by atoms with Gasteiger partial charge in [0.2, 0.25) is 0 Å². The number of fused-ring (bicyclic) bond motifs is 1. The van der Waals surface area contributed by atoms with E-state index in [1.807, 2.05) is 0 Å². The van der Waals surface area contributed by atoms with Crippen LogP contribution >= 0.6 is 11.3 Å². The summed E-state index contributed by atoms with van der Waals surface area (Å²) in [6, 6.07) is 2.25. The van der Waals surface area contributed by atoms with Gasteiger partial charge in [-0.1, -0.05) is 0 Å². The van der Waals surface area contributed by atoms with Crippen molar-refractivity contribution >= 4 is 11.3 Å². The molecule has 0 fully saturated rings. The van der Waals surface area contributed by atoms with Crippen molar-refractivity contribution in [1.82, 2.24) is 0 Å². The molecule has 0 spiro atoms. The van der Waals surface area contributed by atoms with Crippen LogP contribution < -0.4 is 0 Å². The minimum absolute atomic E-state index is 0.944. The summed E-state index contributed by atoms with van der Waals surface area (Å²) in [5.74, 6) is 0. The lowest BCUT2D eigenvalue weighted by molar-refractivity contribution is 0.689. The zero-order valence-corrected chi connectivity index (χ0v) is 7.08. The molecule has 0 atom stereocenters. The Balaban J connectivity index is 2.48. The zero-order chi connectivity index (χ0) is 7.68. The Hall–Kier alpha value is -0.810. The average Bonchev–Trinajstić information content (AvgIpc) is 2.47. The Bertz CT molecular complexity index is 306. The Labute approximate surface area is 70.3 Å². The van der Waals surface area contributed by atoms with Crippen LogP contribution in [0.25, 0.3) is 0 Å². The van der Waals surface area contributed by atoms with Crippen molar-refractivity contribution in [2.75, 3.05) is 0 Å². The first-order chi connectivity index (χ1) is 5.42. The summed E-state index contributed by atoms with van der Waals surface area (Å²) in [6.07, 6.45) is 4.88. The van der Waals surface area contributed by atoms with Crippen LogP contribution in [0.5, 0.6) is 0 Å². The molecule has 1 aromatic heterocycles. The van der Waals surface area contributed by atoms with Crippen LogP contribution in [0.1, 0.15) is 28.8 Å². The lowest BCUT2D eigenvalue weighted by Crippen LogP contribution is -1.99. The molecular formula is C9H9NS. The highest BCUT2D eigenvalue weighted by atomic mass is 32.1. The molecule has 0 bridgehead atoms. The second-order valence-electron chi connectivity index (χ2n) is 2.89. The van der Waals surface area contributed by atoms with Gasteiger partial charge in [0.1, 0.15) is 10.9 Å². The van der Waals surface area contributed by atoms with Crippen LogP contribution in [0, 0.1) is 11.3 Å². The molecule has 1 aromatic rings. The quantitative estimate of drug-likeness (QED) is 0.576. The number of aryl methyl sites for hydroxylation is 1. The number of nitrogens with zero attached hydrogens (tertiary/aromatic N) is 1. The van der Waals surface area contributed by atoms with Crippen LogP contribution in [-0.2, 0) is 12.8 Å². The molecule has 0 saturated heterocycles. The molecule has 0 aromatic carbocycles. The van der Waals surface area contributed by atoms with Gasteiger partial charge in [-0.2, -0.15) is 5.26 Å². The van der Waals surface area contributed by atoms with Crippen molar-refractivity contribution in [2.24, 2.45) is 0 Å². The molecular weight excluding hydrogens is 154 g/mol. The largest absolute Gasteiger partial charge is 0.192 e. The van der Waals surface area contributed by atoms with Gasteiger partial charge in [-0.25, -0.2) is 0 Å². The molecule has 0 radical (unpaired) electrons. The van der Waals surface area contributed by atoms with Crippen molar-refractivity contribution in [3.8, 4) is 6.07 Å². The van der Waals surface area contributed by atoms with E-state index in [1.165, 1.54) is 30.4 Å². The Morgan fingerprint density at radius 2 is 2.18 bits per heavy atom. The first kappa shape index (κ1) is 6.87. The first-order valence-electron chi connectivity index (χ1n) is 3.91. The number of hydrogen-bond donors (Lipinski definition) is 0. The SMILES string of the molecule is N#Cc1scc2c1CCCC2. The van der Waals surface area contributed by atoms with E-state index in [4.69, 9.17) is 5.26 Å². The van der Waals surface area contributed by atoms with E-state index in [1.54, 1.807) is 11.3 Å². The highest BCUT2D eigenvalue weighted by molar-refractivity contribution is 7.10. The Morgan fingerprint density at radius 1 is 1.36 bits per heavy atom. The third kappa shape index (κ3) is 1.06. The summed E-state index contributed by atoms with van der Waals surface area (Å²) >= 11 is 1.60. The van der Waals surface area contributed by atoms with E-state index >= 15 is 0 Å². The second kappa shape index (κ2) is 2.67. The summed E-state index contributed by atoms with van der Waals surface area (Å²) < 4.78 is 0. The fraction of sp³-hybridized carbons (Fsp3) is 0.444. The van der Waals surface area contributed by atoms with Gasteiger partial charge >= 0.3 is 0 Å². The van der Waals surface area contributed by atoms with Crippen molar-refractivity contribution in [1.29, 1.82) is 5.26 Å². The van der Waals surface area contributed by atoms with E-state index in [-0.39, 0.29) is 0 Å². The fourth-order valence-corrected chi connectivity index (χ4v) is 2.56. The van der Waals surface area contributed by atoms with Gasteiger partial charge in [0.25, 0.3) is 0 Å². The molecule has 1 aliphatic carbocycles. The van der Waals surface area contributed by atoms with Gasteiger partial charge in [-0.3, -0.25) is 0 Å². The monoisotopic (exact) mass is 163 g/mol. The summed E-state index contributed by atoms with van der Waals surface area (Å²) in [6.45, 7) is 0. The number of nitriles is 1. The minimum atomic E-state index is 0.944. The maximum Gasteiger partial charge on any atom is 0.110 e. The van der Waals surface area contributed by atoms with E-state index < -0.39 is 0 Å². The first-order valence-corrected chi connectivity index (χ1v) is 4.79. The fourth-order valence-electron chi connectivity index (χ4n) is 1.61. The molecule has 0 unspecified atom stereocenters. The molecule has 0 saturated carbocycles. The third-order valence-electron chi connectivity index (χ3n) is 2.21. The molecule has 1 nitrogen and oxygen atoms in total. The molecule has 2 heteroatoms. The summed E-state index contributed by atoms with van der Waals surface area (Å²) in [7, 11) is 0. The van der Waals surface area contributed by atoms with Gasteiger partial charge in [0.05, 0.1) is 0 Å². The van der Waals surface area contributed by atoms with Crippen molar-refractivity contribution in [2.45, 2.75) is 25.7 Å². The van der Waals surface area contributed by atoms with Crippen LogP contribution in [-0.4, -0.2) is 0 Å². The van der Waals surface area contributed by atoms with Crippen LogP contribution in [0.15, 0.2) is 5.38 Å². The molecule has 56 valence electrons. The van der Waals surface area contributed by atoms with Gasteiger partial charge < -0.3 is 0 Å². The van der Waals surface area contributed by atoms with Gasteiger partial charge in [-0.15, -0.1) is 11.3 Å². The molecule has 0 N–H and O–H groups in total. The van der Waals surface area contributed by atoms with E-state index in [2.05, 4.69) is 11.4 Å². The van der Waals surface area contributed by atoms with E-state index in [0.29, 0.717) is 0 Å². The third-order valence-corrected chi connectivity index (χ3v) is 3.18. The number of rotatable bonds is 0. The van der Waals surface area contributed by atoms with Crippen molar-refractivity contribution in [3.05, 3.63) is 21.4 Å². The van der Waals surface area contributed by atoms with E-state index in [0.717, 1.165) is 11.3 Å². The summed E-state index contributed by atoms with van der Waals surface area (Å²) in [5, 5.41) is 10.9. The Morgan fingerprint density at radius 3 is 3.00 bits per heavy atom. The highest BCUT2D eigenvalue weighted by Gasteiger charge is 2.14. The molecule has 1 aliphatic rings. The van der Waals surface area contributed by atoms with Crippen LogP contribution in [0.3, 0.4) is 0 Å². The molecule has 0 aliphatic heterocycles. The predicted octanol–water partition coefficient (Wildman–Crippen LogP) is 2.50. The topological polar surface area (TPSA) is 23.8 Å². The number of hydrogen-bond acceptors (Lipinski definition) is 2. The number of thiophene rings is 1. The smallest absolute Gasteiger partial charge is 0.110 e. The van der Waals surface area contributed by atoms with Crippen molar-refractivity contribution < 1.29 is 0 Å². The van der Waals surface area contributed by atoms with Gasteiger partial charge in [-0.05, 0) is 42.2 Å². The van der Waals surface area contributed by atoms with Crippen molar-refractivity contribution in [3.63, 3.8) is 0 Å². The van der Waals surface area contributed by atoms with Gasteiger partial charge in [0.15, 0.2) is 0 Å². The lowest BCUT2D eigenvalue weighted by atomic mass is 9.94. The standard InChI is InChI=1S/C9H9NS/c10-5-9-8-4-2-1-3-7(8)6-11-9/h6H,1-4H2. The predicted molar refractivity (Wildman–Crippen MR) is 45.7 cm³/mol. The summed E-state index contributed by atoms with van der Waals surface area (Å²) in [4.78, 5) is 0.944. The molecule has 1 heterocycles. The maximum atomic E-state index is 8.74. The average molecular weight is 163 g/mol. The second-order valence-corrected chi connectivity index (χ2v) is 3.77. The Kier molecular flexibility index (Phi) is 1.67. The van der Waals surface area contributed by atoms with Crippen LogP contribution in [0.4, 0.5) is 0 Å². The molecule has 11 heavy (non-hydrogen) atoms. The maximum absolute atomic E-state index is 8.74. The minimum Gasteiger partial charge on any atom is -0.192 e. The highest BCUT2D eigenvalue weighted by Crippen LogP contribution is 2.28. The lowest BCUT2D eigenvalue weighted by Gasteiger charge is -2.09. The van der Waals surface area contributed by atoms with Crippen LogP contribution in [0.2, 0.25) is 0 Å². The molecule has 2 rings (SSSR count). The summed E-state index contributed by atoms with van der Waals surface area (Å²) in [5.41, 5.74) is 2.77. The van der Waals surface area contributed by atoms with Gasteiger partial charge in [0, 0.05) is 0 Å². The zero-order valence-electron chi connectivity index (χ0n) is 6.26. The van der Waals surface area contributed by atoms with E-state index in [9.17, 15) is 0 Å².